The van der Waals surface area contributed by atoms with Gasteiger partial charge in [-0.3, -0.25) is 0 Å². The van der Waals surface area contributed by atoms with Gasteiger partial charge in [0.15, 0.2) is 0 Å². The van der Waals surface area contributed by atoms with Crippen LogP contribution in [-0.2, 0) is 0 Å². The quantitative estimate of drug-likeness (QED) is 0.112. The van der Waals surface area contributed by atoms with E-state index in [1.54, 1.807) is 0 Å². The summed E-state index contributed by atoms with van der Waals surface area (Å²) >= 11 is 3.65. The summed E-state index contributed by atoms with van der Waals surface area (Å²) in [5.41, 5.74) is 21.9. The van der Waals surface area contributed by atoms with E-state index < -0.39 is 0 Å². The summed E-state index contributed by atoms with van der Waals surface area (Å²) < 4.78 is 4.92. The molecule has 1 unspecified atom stereocenters. The Hall–Kier alpha value is -13.1. The molecule has 22 rings (SSSR count). The van der Waals surface area contributed by atoms with Gasteiger partial charge in [0.05, 0.1) is 65.5 Å². The second-order valence-electron chi connectivity index (χ2n) is 27.3. The summed E-state index contributed by atoms with van der Waals surface area (Å²) in [5.74, 6) is 0. The smallest absolute Gasteiger partial charge is 0.0972 e. The molecule has 104 heavy (non-hydrogen) atoms. The first-order chi connectivity index (χ1) is 51.5. The number of rotatable bonds is 8. The second kappa shape index (κ2) is 23.2. The average Bonchev–Trinajstić information content (AvgIpc) is 1.50. The van der Waals surface area contributed by atoms with Crippen molar-refractivity contribution < 1.29 is 0 Å². The summed E-state index contributed by atoms with van der Waals surface area (Å²) in [4.78, 5) is 27.5. The molecule has 0 bridgehead atoms. The van der Waals surface area contributed by atoms with Crippen molar-refractivity contribution in [2.75, 3.05) is 0 Å². The van der Waals surface area contributed by atoms with Gasteiger partial charge in [0.25, 0.3) is 0 Å². The highest BCUT2D eigenvalue weighted by Gasteiger charge is 2.23. The van der Waals surface area contributed by atoms with E-state index in [1.165, 1.54) is 78.0 Å². The molecule has 7 aromatic heterocycles. The molecule has 1 aliphatic rings. The minimum atomic E-state index is -0.162. The molecule has 8 heterocycles. The lowest BCUT2D eigenvalue weighted by atomic mass is 9.90. The fraction of sp³-hybridized carbons (Fsp3) is 0.0104. The highest BCUT2D eigenvalue weighted by Crippen LogP contribution is 2.51. The van der Waals surface area contributed by atoms with Gasteiger partial charge in [0, 0.05) is 80.3 Å². The predicted octanol–water partition coefficient (Wildman–Crippen LogP) is 27.1. The van der Waals surface area contributed by atoms with Gasteiger partial charge in [-0.15, -0.1) is 28.4 Å². The molecule has 0 N–H and O–H groups in total. The molecule has 0 fully saturated rings. The number of hydrogen-bond acceptors (Lipinski definition) is 7. The van der Waals surface area contributed by atoms with Crippen molar-refractivity contribution in [3.05, 3.63) is 338 Å². The first kappa shape index (κ1) is 58.7. The summed E-state index contributed by atoms with van der Waals surface area (Å²) in [7, 11) is 0. The number of hydrogen-bond donors (Lipinski definition) is 0. The van der Waals surface area contributed by atoms with E-state index in [0.717, 1.165) is 144 Å². The Morgan fingerprint density at radius 1 is 0.279 bits per heavy atom. The van der Waals surface area contributed by atoms with Crippen LogP contribution in [0.15, 0.2) is 322 Å². The molecule has 0 aliphatic carbocycles. The summed E-state index contributed by atoms with van der Waals surface area (Å²) in [6, 6.07) is 114. The van der Waals surface area contributed by atoms with Crippen molar-refractivity contribution in [1.82, 2.24) is 24.9 Å². The Morgan fingerprint density at radius 3 is 1.51 bits per heavy atom. The zero-order valence-corrected chi connectivity index (χ0v) is 57.4. The molecule has 8 heteroatoms. The Morgan fingerprint density at radius 2 is 0.788 bits per heavy atom. The lowest BCUT2D eigenvalue weighted by Crippen LogP contribution is -2.00. The van der Waals surface area contributed by atoms with Crippen LogP contribution in [0.5, 0.6) is 0 Å². The maximum atomic E-state index is 5.66. The second-order valence-corrected chi connectivity index (χ2v) is 29.4. The summed E-state index contributed by atoms with van der Waals surface area (Å²) in [6.07, 6.45) is 4.47. The molecule has 0 radical (unpaired) electrons. The monoisotopic (exact) mass is 1360 g/mol. The van der Waals surface area contributed by atoms with Gasteiger partial charge < -0.3 is 5.32 Å². The molecular formula is C96H55N6S2-. The van der Waals surface area contributed by atoms with E-state index in [1.807, 2.05) is 22.7 Å². The van der Waals surface area contributed by atoms with Crippen LogP contribution in [-0.4, -0.2) is 24.9 Å². The fourth-order valence-electron chi connectivity index (χ4n) is 16.2. The predicted molar refractivity (Wildman–Crippen MR) is 441 cm³/mol. The Balaban J connectivity index is 0.592. The van der Waals surface area contributed by atoms with E-state index in [0.29, 0.717) is 0 Å². The van der Waals surface area contributed by atoms with E-state index in [4.69, 9.17) is 30.2 Å². The van der Waals surface area contributed by atoms with Gasteiger partial charge in [-0.05, 0) is 132 Å². The number of fused-ring (bicyclic) bond motifs is 20. The maximum Gasteiger partial charge on any atom is 0.0972 e. The molecule has 0 saturated heterocycles. The van der Waals surface area contributed by atoms with Crippen LogP contribution < -0.4 is 0 Å². The number of aromatic nitrogens is 5. The van der Waals surface area contributed by atoms with Gasteiger partial charge in [-0.25, -0.2) is 24.9 Å². The van der Waals surface area contributed by atoms with E-state index in [2.05, 4.69) is 328 Å². The third-order valence-corrected chi connectivity index (χ3v) is 23.7. The number of pyridine rings is 5. The van der Waals surface area contributed by atoms with Crippen LogP contribution >= 0.6 is 22.7 Å². The topological polar surface area (TPSA) is 78.5 Å². The van der Waals surface area contributed by atoms with Crippen molar-refractivity contribution in [2.24, 2.45) is 0 Å². The maximum absolute atomic E-state index is 5.66. The van der Waals surface area contributed by atoms with E-state index in [-0.39, 0.29) is 6.04 Å². The first-order valence-corrected chi connectivity index (χ1v) is 36.9. The normalized spacial score (nSPS) is 13.1. The molecule has 21 aromatic rings. The molecule has 6 nitrogen and oxygen atoms in total. The molecule has 0 amide bonds. The van der Waals surface area contributed by atoms with Crippen molar-refractivity contribution in [3.8, 4) is 78.5 Å². The molecule has 0 saturated carbocycles. The van der Waals surface area contributed by atoms with Crippen molar-refractivity contribution >= 4 is 162 Å². The average molecular weight is 1360 g/mol. The lowest BCUT2D eigenvalue weighted by molar-refractivity contribution is 1.04. The minimum absolute atomic E-state index is 0.162. The van der Waals surface area contributed by atoms with Crippen molar-refractivity contribution in [3.63, 3.8) is 0 Å². The van der Waals surface area contributed by atoms with E-state index >= 15 is 0 Å². The van der Waals surface area contributed by atoms with Gasteiger partial charge in [0.1, 0.15) is 0 Å². The SMILES string of the molecule is C1=CC(c2ccccc2)[N-]c2c1c(-c1ccc(-c3ccc4ccc5ccc(-c6cccc(-c7ccc8c(c7)nc(-c7cc9ccccc9c9ccccc79)c7sc9ccccc9c78)c6)nc5c4n3)cc1)cc1ccc(-c3ccc(-c4nc5cc6ccccc6cc5c5c4sc4ccccc45)cc3)nc21. The third kappa shape index (κ3) is 9.43. The van der Waals surface area contributed by atoms with Gasteiger partial charge >= 0.3 is 0 Å². The lowest BCUT2D eigenvalue weighted by Gasteiger charge is -2.38. The van der Waals surface area contributed by atoms with Crippen molar-refractivity contribution in [1.29, 1.82) is 0 Å². The zero-order valence-electron chi connectivity index (χ0n) is 55.8. The Kier molecular flexibility index (Phi) is 13.1. The first-order valence-electron chi connectivity index (χ1n) is 35.2. The van der Waals surface area contributed by atoms with Crippen molar-refractivity contribution in [2.45, 2.75) is 6.04 Å². The molecule has 1 atom stereocenters. The fourth-order valence-corrected chi connectivity index (χ4v) is 18.7. The molecule has 14 aromatic carbocycles. The van der Waals surface area contributed by atoms with Gasteiger partial charge in [-0.1, -0.05) is 272 Å². The number of benzene rings is 14. The highest BCUT2D eigenvalue weighted by atomic mass is 32.1. The highest BCUT2D eigenvalue weighted by molar-refractivity contribution is 7.27. The van der Waals surface area contributed by atoms with Gasteiger partial charge in [-0.2, -0.15) is 0 Å². The van der Waals surface area contributed by atoms with Gasteiger partial charge in [0.2, 0.25) is 0 Å². The number of thiophene rings is 2. The molecule has 0 spiro atoms. The molecule has 1 aliphatic heterocycles. The molecular weight excluding hydrogens is 1300 g/mol. The standard InChI is InChI=1S/C96H55N6S2/c1-2-15-56(16-3-1)81-48-44-72-76(52-68-42-47-80(98-91(68)93(72)100-81)58-33-35-61(36-34-58)92-95-88(75-26-11-13-28-86(75)103-95)78-50-63-17-4-5-18-64(63)53-84(78)101-92)55-29-31-57(32-30-55)79-45-40-59-37-38-60-41-46-82(99-90(60)89(59)97-79)67-21-14-20-62(49-67)65-39-43-73-83(54-65)102-94(96-87(73)74-25-10-12-27-85(74)104-96)77-51-66-19-6-7-22-69(66)70-23-8-9-24-71(70)77/h1-54,81H/q-1. The van der Waals surface area contributed by atoms with Crippen LogP contribution in [0.2, 0.25) is 0 Å². The minimum Gasteiger partial charge on any atom is -0.673 e. The number of nitrogens with zero attached hydrogens (tertiary/aromatic N) is 6. The zero-order chi connectivity index (χ0) is 68.1. The van der Waals surface area contributed by atoms with E-state index in [9.17, 15) is 0 Å². The Bertz CT molecular complexity index is 7260. The summed E-state index contributed by atoms with van der Waals surface area (Å²) in [5, 5.41) is 23.3. The van der Waals surface area contributed by atoms with Crippen LogP contribution in [0.25, 0.3) is 217 Å². The van der Waals surface area contributed by atoms with Crippen LogP contribution in [0.3, 0.4) is 0 Å². The van der Waals surface area contributed by atoms with Crippen LogP contribution in [0.1, 0.15) is 17.2 Å². The van der Waals surface area contributed by atoms with Crippen LogP contribution in [0.4, 0.5) is 5.69 Å². The molecule has 482 valence electrons. The largest absolute Gasteiger partial charge is 0.673 e. The Labute approximate surface area is 604 Å². The van der Waals surface area contributed by atoms with Crippen LogP contribution in [0, 0.1) is 0 Å². The summed E-state index contributed by atoms with van der Waals surface area (Å²) in [6.45, 7) is 0. The third-order valence-electron chi connectivity index (χ3n) is 21.3.